The Bertz CT molecular complexity index is 667. The molecule has 4 nitrogen and oxygen atoms in total. The second kappa shape index (κ2) is 4.89. The number of nitrogens with two attached hydrogens (primary N) is 2. The average molecular weight is 267 g/mol. The van der Waals surface area contributed by atoms with E-state index in [1.165, 1.54) is 11.3 Å². The summed E-state index contributed by atoms with van der Waals surface area (Å²) in [4.78, 5) is 13.5. The van der Waals surface area contributed by atoms with E-state index in [4.69, 9.17) is 11.5 Å². The lowest BCUT2D eigenvalue weighted by molar-refractivity contribution is 0.1000. The topological polar surface area (TPSA) is 72.4 Å². The van der Waals surface area contributed by atoms with Crippen LogP contribution in [-0.2, 0) is 13.0 Å². The van der Waals surface area contributed by atoms with Gasteiger partial charge < -0.3 is 16.4 Å². The van der Waals surface area contributed by atoms with Crippen molar-refractivity contribution in [3.05, 3.63) is 59.2 Å². The van der Waals surface area contributed by atoms with Gasteiger partial charge in [0, 0.05) is 30.0 Å². The number of nitrogen functional groups attached to an aromatic ring is 1. The third kappa shape index (κ3) is 2.32. The summed E-state index contributed by atoms with van der Waals surface area (Å²) < 4.78 is 0. The summed E-state index contributed by atoms with van der Waals surface area (Å²) in [5.41, 5.74) is 16.1. The summed E-state index contributed by atoms with van der Waals surface area (Å²) in [5.74, 6) is -0.391. The van der Waals surface area contributed by atoms with Crippen LogP contribution in [0.25, 0.3) is 0 Å². The number of carbonyl (C=O) groups excluding carboxylic acids is 1. The van der Waals surface area contributed by atoms with Crippen molar-refractivity contribution < 1.29 is 4.79 Å². The van der Waals surface area contributed by atoms with E-state index in [2.05, 4.69) is 11.0 Å². The van der Waals surface area contributed by atoms with Crippen LogP contribution in [0.3, 0.4) is 0 Å². The maximum Gasteiger partial charge on any atom is 0.248 e. The molecule has 1 heterocycles. The van der Waals surface area contributed by atoms with Crippen LogP contribution in [0.1, 0.15) is 21.5 Å². The number of primary amides is 1. The monoisotopic (exact) mass is 267 g/mol. The number of nitrogens with zero attached hydrogens (tertiary/aromatic N) is 1. The van der Waals surface area contributed by atoms with E-state index in [1.807, 2.05) is 30.3 Å². The molecule has 2 aromatic rings. The molecule has 102 valence electrons. The summed E-state index contributed by atoms with van der Waals surface area (Å²) in [5, 5.41) is 0. The fourth-order valence-electron chi connectivity index (χ4n) is 2.67. The molecule has 0 atom stereocenters. The molecule has 4 N–H and O–H groups in total. The minimum Gasteiger partial charge on any atom is -0.399 e. The van der Waals surface area contributed by atoms with Crippen molar-refractivity contribution in [2.45, 2.75) is 13.0 Å². The number of carbonyl (C=O) groups is 1. The highest BCUT2D eigenvalue weighted by Crippen LogP contribution is 2.31. The lowest BCUT2D eigenvalue weighted by Crippen LogP contribution is -2.20. The molecule has 0 unspecified atom stereocenters. The largest absolute Gasteiger partial charge is 0.399 e. The molecule has 0 spiro atoms. The van der Waals surface area contributed by atoms with E-state index in [9.17, 15) is 4.79 Å². The number of benzene rings is 2. The second-order valence-electron chi connectivity index (χ2n) is 5.12. The summed E-state index contributed by atoms with van der Waals surface area (Å²) in [6.07, 6.45) is 1.03. The number of hydrogen-bond donors (Lipinski definition) is 2. The van der Waals surface area contributed by atoms with Crippen molar-refractivity contribution in [3.63, 3.8) is 0 Å². The maximum absolute atomic E-state index is 11.2. The van der Waals surface area contributed by atoms with E-state index in [1.54, 1.807) is 6.07 Å². The van der Waals surface area contributed by atoms with Gasteiger partial charge in [-0.3, -0.25) is 4.79 Å². The number of hydrogen-bond acceptors (Lipinski definition) is 3. The minimum absolute atomic E-state index is 0.391. The normalized spacial score (nSPS) is 13.3. The zero-order chi connectivity index (χ0) is 14.1. The molecule has 0 fully saturated rings. The molecule has 1 aliphatic heterocycles. The molecular formula is C16H17N3O. The summed E-state index contributed by atoms with van der Waals surface area (Å²) in [6, 6.07) is 13.5. The fourth-order valence-corrected chi connectivity index (χ4v) is 2.67. The maximum atomic E-state index is 11.2. The molecule has 4 heteroatoms. The van der Waals surface area contributed by atoms with Gasteiger partial charge in [0.2, 0.25) is 5.91 Å². The average Bonchev–Trinajstić information content (AvgIpc) is 2.82. The Morgan fingerprint density at radius 3 is 2.85 bits per heavy atom. The Labute approximate surface area is 118 Å². The Hall–Kier alpha value is -2.49. The van der Waals surface area contributed by atoms with Crippen LogP contribution < -0.4 is 16.4 Å². The highest BCUT2D eigenvalue weighted by atomic mass is 16.1. The fraction of sp³-hybridized carbons (Fsp3) is 0.188. The molecular weight excluding hydrogens is 250 g/mol. The molecule has 0 aliphatic carbocycles. The van der Waals surface area contributed by atoms with Gasteiger partial charge in [-0.25, -0.2) is 0 Å². The molecule has 0 aromatic heterocycles. The molecule has 20 heavy (non-hydrogen) atoms. The standard InChI is InChI=1S/C16H17N3O/c17-14-5-4-12-6-7-19(15(12)9-14)10-11-2-1-3-13(8-11)16(18)20/h1-5,8-9H,6-7,10,17H2,(H2,18,20). The van der Waals surface area contributed by atoms with Crippen LogP contribution in [0.5, 0.6) is 0 Å². The number of amides is 1. The SMILES string of the molecule is NC(=O)c1cccc(CN2CCc3ccc(N)cc32)c1. The van der Waals surface area contributed by atoms with Crippen LogP contribution in [0.4, 0.5) is 11.4 Å². The molecule has 1 amide bonds. The molecule has 3 rings (SSSR count). The number of anilines is 2. The van der Waals surface area contributed by atoms with Crippen LogP contribution in [0.15, 0.2) is 42.5 Å². The molecule has 2 aromatic carbocycles. The summed E-state index contributed by atoms with van der Waals surface area (Å²) in [7, 11) is 0. The van der Waals surface area contributed by atoms with Crippen molar-refractivity contribution in [1.29, 1.82) is 0 Å². The van der Waals surface area contributed by atoms with Crippen LogP contribution in [-0.4, -0.2) is 12.5 Å². The smallest absolute Gasteiger partial charge is 0.248 e. The van der Waals surface area contributed by atoms with E-state index in [-0.39, 0.29) is 0 Å². The second-order valence-corrected chi connectivity index (χ2v) is 5.12. The van der Waals surface area contributed by atoms with Gasteiger partial charge in [-0.1, -0.05) is 18.2 Å². The number of fused-ring (bicyclic) bond motifs is 1. The van der Waals surface area contributed by atoms with Crippen LogP contribution in [0.2, 0.25) is 0 Å². The lowest BCUT2D eigenvalue weighted by atomic mass is 10.1. The van der Waals surface area contributed by atoms with E-state index >= 15 is 0 Å². The van der Waals surface area contributed by atoms with Gasteiger partial charge >= 0.3 is 0 Å². The first-order valence-corrected chi connectivity index (χ1v) is 6.65. The summed E-state index contributed by atoms with van der Waals surface area (Å²) >= 11 is 0. The van der Waals surface area contributed by atoms with Gasteiger partial charge in [-0.05, 0) is 41.8 Å². The Balaban J connectivity index is 1.85. The third-order valence-electron chi connectivity index (χ3n) is 3.69. The Morgan fingerprint density at radius 2 is 2.05 bits per heavy atom. The van der Waals surface area contributed by atoms with Crippen LogP contribution in [0, 0.1) is 0 Å². The van der Waals surface area contributed by atoms with E-state index in [0.29, 0.717) is 5.56 Å². The minimum atomic E-state index is -0.391. The Morgan fingerprint density at radius 1 is 1.20 bits per heavy atom. The quantitative estimate of drug-likeness (QED) is 0.835. The van der Waals surface area contributed by atoms with Gasteiger partial charge in [0.05, 0.1) is 0 Å². The molecule has 0 radical (unpaired) electrons. The molecule has 1 aliphatic rings. The zero-order valence-corrected chi connectivity index (χ0v) is 11.2. The first-order chi connectivity index (χ1) is 9.63. The van der Waals surface area contributed by atoms with Crippen molar-refractivity contribution in [3.8, 4) is 0 Å². The van der Waals surface area contributed by atoms with E-state index in [0.717, 1.165) is 30.8 Å². The van der Waals surface area contributed by atoms with Gasteiger partial charge in [0.15, 0.2) is 0 Å². The van der Waals surface area contributed by atoms with Crippen molar-refractivity contribution in [2.24, 2.45) is 5.73 Å². The third-order valence-corrected chi connectivity index (χ3v) is 3.69. The molecule has 0 saturated heterocycles. The predicted octanol–water partition coefficient (Wildman–Crippen LogP) is 1.93. The lowest BCUT2D eigenvalue weighted by Gasteiger charge is -2.20. The van der Waals surface area contributed by atoms with Crippen molar-refractivity contribution >= 4 is 17.3 Å². The highest BCUT2D eigenvalue weighted by molar-refractivity contribution is 5.92. The van der Waals surface area contributed by atoms with Crippen molar-refractivity contribution in [1.82, 2.24) is 0 Å². The highest BCUT2D eigenvalue weighted by Gasteiger charge is 2.19. The number of rotatable bonds is 3. The Kier molecular flexibility index (Phi) is 3.06. The van der Waals surface area contributed by atoms with Gasteiger partial charge in [-0.15, -0.1) is 0 Å². The molecule has 0 saturated carbocycles. The summed E-state index contributed by atoms with van der Waals surface area (Å²) in [6.45, 7) is 1.73. The predicted molar refractivity (Wildman–Crippen MR) is 80.6 cm³/mol. The first-order valence-electron chi connectivity index (χ1n) is 6.65. The van der Waals surface area contributed by atoms with Crippen molar-refractivity contribution in [2.75, 3.05) is 17.2 Å². The first kappa shape index (κ1) is 12.5. The zero-order valence-electron chi connectivity index (χ0n) is 11.2. The van der Waals surface area contributed by atoms with Crippen LogP contribution >= 0.6 is 0 Å². The molecule has 0 bridgehead atoms. The van der Waals surface area contributed by atoms with Gasteiger partial charge in [0.25, 0.3) is 0 Å². The van der Waals surface area contributed by atoms with E-state index < -0.39 is 5.91 Å². The van der Waals surface area contributed by atoms with Gasteiger partial charge in [0.1, 0.15) is 0 Å². The van der Waals surface area contributed by atoms with Gasteiger partial charge in [-0.2, -0.15) is 0 Å².